The first-order chi connectivity index (χ1) is 7.29. The molecule has 1 atom stereocenters. The number of rotatable bonds is 2. The van der Waals surface area contributed by atoms with Gasteiger partial charge < -0.3 is 5.73 Å². The molecule has 0 spiro atoms. The predicted molar refractivity (Wildman–Crippen MR) is 57.0 cm³/mol. The molecule has 0 saturated carbocycles. The second-order valence-electron chi connectivity index (χ2n) is 3.38. The van der Waals surface area contributed by atoms with E-state index < -0.39 is 0 Å². The van der Waals surface area contributed by atoms with Crippen molar-refractivity contribution in [2.45, 2.75) is 13.0 Å². The topological polar surface area (TPSA) is 64.7 Å². The Morgan fingerprint density at radius 1 is 1.13 bits per heavy atom. The average molecular weight is 200 g/mol. The summed E-state index contributed by atoms with van der Waals surface area (Å²) in [6.45, 7) is 2.01. The van der Waals surface area contributed by atoms with Crippen LogP contribution in [0.1, 0.15) is 22.7 Å². The Balaban J connectivity index is 2.37. The molecule has 4 nitrogen and oxygen atoms in total. The standard InChI is InChI=1S/C11H12N4/c1-8-2-3-13-6-10(8)11(12)9-4-14-7-15-5-9/h2-7,11H,12H2,1H3. The van der Waals surface area contributed by atoms with Gasteiger partial charge >= 0.3 is 0 Å². The van der Waals surface area contributed by atoms with E-state index in [-0.39, 0.29) is 6.04 Å². The summed E-state index contributed by atoms with van der Waals surface area (Å²) in [4.78, 5) is 12.0. The van der Waals surface area contributed by atoms with Crippen LogP contribution in [-0.4, -0.2) is 15.0 Å². The molecule has 76 valence electrons. The van der Waals surface area contributed by atoms with Crippen LogP contribution < -0.4 is 5.73 Å². The Morgan fingerprint density at radius 2 is 1.87 bits per heavy atom. The van der Waals surface area contributed by atoms with E-state index in [1.807, 2.05) is 13.0 Å². The fraction of sp³-hybridized carbons (Fsp3) is 0.182. The van der Waals surface area contributed by atoms with Gasteiger partial charge in [0.1, 0.15) is 6.33 Å². The van der Waals surface area contributed by atoms with Gasteiger partial charge in [-0.05, 0) is 24.1 Å². The Hall–Kier alpha value is -1.81. The first-order valence-corrected chi connectivity index (χ1v) is 4.70. The molecular formula is C11H12N4. The van der Waals surface area contributed by atoms with Crippen molar-refractivity contribution >= 4 is 0 Å². The lowest BCUT2D eigenvalue weighted by Crippen LogP contribution is -2.14. The predicted octanol–water partition coefficient (Wildman–Crippen LogP) is 1.23. The molecule has 0 fully saturated rings. The molecule has 15 heavy (non-hydrogen) atoms. The molecule has 2 heterocycles. The van der Waals surface area contributed by atoms with Gasteiger partial charge in [0, 0.05) is 30.4 Å². The number of pyridine rings is 1. The Labute approximate surface area is 88.2 Å². The molecule has 0 aliphatic heterocycles. The van der Waals surface area contributed by atoms with E-state index in [1.165, 1.54) is 6.33 Å². The average Bonchev–Trinajstić information content (AvgIpc) is 2.30. The zero-order valence-corrected chi connectivity index (χ0v) is 8.46. The molecule has 0 amide bonds. The maximum atomic E-state index is 6.10. The van der Waals surface area contributed by atoms with Crippen molar-refractivity contribution in [1.82, 2.24) is 15.0 Å². The van der Waals surface area contributed by atoms with Gasteiger partial charge in [0.15, 0.2) is 0 Å². The van der Waals surface area contributed by atoms with Crippen LogP contribution in [0.25, 0.3) is 0 Å². The van der Waals surface area contributed by atoms with Gasteiger partial charge in [-0.2, -0.15) is 0 Å². The van der Waals surface area contributed by atoms with Gasteiger partial charge in [-0.15, -0.1) is 0 Å². The summed E-state index contributed by atoms with van der Waals surface area (Å²) in [6, 6.07) is 1.74. The van der Waals surface area contributed by atoms with Gasteiger partial charge in [-0.25, -0.2) is 9.97 Å². The summed E-state index contributed by atoms with van der Waals surface area (Å²) in [5.41, 5.74) is 9.13. The van der Waals surface area contributed by atoms with Gasteiger partial charge in [0.05, 0.1) is 6.04 Å². The normalized spacial score (nSPS) is 12.4. The molecule has 4 heteroatoms. The van der Waals surface area contributed by atoms with E-state index in [4.69, 9.17) is 5.73 Å². The number of nitrogens with two attached hydrogens (primary N) is 1. The molecule has 0 saturated heterocycles. The second kappa shape index (κ2) is 4.14. The van der Waals surface area contributed by atoms with Gasteiger partial charge in [0.25, 0.3) is 0 Å². The summed E-state index contributed by atoms with van der Waals surface area (Å²) in [5, 5.41) is 0. The molecular weight excluding hydrogens is 188 g/mol. The van der Waals surface area contributed by atoms with Crippen LogP contribution in [-0.2, 0) is 0 Å². The number of aromatic nitrogens is 3. The molecule has 2 aromatic rings. The minimum absolute atomic E-state index is 0.208. The zero-order chi connectivity index (χ0) is 10.7. The van der Waals surface area contributed by atoms with Crippen molar-refractivity contribution in [3.05, 3.63) is 53.9 Å². The van der Waals surface area contributed by atoms with E-state index in [0.717, 1.165) is 16.7 Å². The highest BCUT2D eigenvalue weighted by molar-refractivity contribution is 5.31. The number of nitrogens with zero attached hydrogens (tertiary/aromatic N) is 3. The van der Waals surface area contributed by atoms with Crippen molar-refractivity contribution < 1.29 is 0 Å². The highest BCUT2D eigenvalue weighted by atomic mass is 14.8. The van der Waals surface area contributed by atoms with E-state index >= 15 is 0 Å². The fourth-order valence-electron chi connectivity index (χ4n) is 1.45. The summed E-state index contributed by atoms with van der Waals surface area (Å²) in [6.07, 6.45) is 8.49. The monoisotopic (exact) mass is 200 g/mol. The maximum absolute atomic E-state index is 6.10. The molecule has 2 N–H and O–H groups in total. The van der Waals surface area contributed by atoms with Crippen molar-refractivity contribution in [1.29, 1.82) is 0 Å². The maximum Gasteiger partial charge on any atom is 0.115 e. The summed E-state index contributed by atoms with van der Waals surface area (Å²) in [5.74, 6) is 0. The first kappa shape index (κ1) is 9.73. The van der Waals surface area contributed by atoms with Crippen molar-refractivity contribution in [3.8, 4) is 0 Å². The molecule has 0 aromatic carbocycles. The minimum atomic E-state index is -0.208. The van der Waals surface area contributed by atoms with Gasteiger partial charge in [-0.1, -0.05) is 0 Å². The van der Waals surface area contributed by atoms with E-state index in [9.17, 15) is 0 Å². The third-order valence-electron chi connectivity index (χ3n) is 2.35. The van der Waals surface area contributed by atoms with E-state index in [2.05, 4.69) is 15.0 Å². The third kappa shape index (κ3) is 1.99. The lowest BCUT2D eigenvalue weighted by atomic mass is 10.0. The third-order valence-corrected chi connectivity index (χ3v) is 2.35. The molecule has 0 bridgehead atoms. The number of hydrogen-bond donors (Lipinski definition) is 1. The minimum Gasteiger partial charge on any atom is -0.320 e. The fourth-order valence-corrected chi connectivity index (χ4v) is 1.45. The largest absolute Gasteiger partial charge is 0.320 e. The van der Waals surface area contributed by atoms with Crippen molar-refractivity contribution in [3.63, 3.8) is 0 Å². The molecule has 2 rings (SSSR count). The summed E-state index contributed by atoms with van der Waals surface area (Å²) >= 11 is 0. The molecule has 0 aliphatic rings. The van der Waals surface area contributed by atoms with Crippen molar-refractivity contribution in [2.75, 3.05) is 0 Å². The highest BCUT2D eigenvalue weighted by Crippen LogP contribution is 2.19. The Morgan fingerprint density at radius 3 is 2.53 bits per heavy atom. The lowest BCUT2D eigenvalue weighted by Gasteiger charge is -2.13. The van der Waals surface area contributed by atoms with Crippen LogP contribution in [0, 0.1) is 6.92 Å². The molecule has 2 aromatic heterocycles. The first-order valence-electron chi connectivity index (χ1n) is 4.70. The SMILES string of the molecule is Cc1ccncc1C(N)c1cncnc1. The van der Waals surface area contributed by atoms with Crippen LogP contribution in [0.5, 0.6) is 0 Å². The van der Waals surface area contributed by atoms with Crippen LogP contribution in [0.3, 0.4) is 0 Å². The van der Waals surface area contributed by atoms with Crippen LogP contribution in [0.2, 0.25) is 0 Å². The highest BCUT2D eigenvalue weighted by Gasteiger charge is 2.11. The van der Waals surface area contributed by atoms with Gasteiger partial charge in [-0.3, -0.25) is 4.98 Å². The van der Waals surface area contributed by atoms with E-state index in [0.29, 0.717) is 0 Å². The lowest BCUT2D eigenvalue weighted by molar-refractivity contribution is 0.835. The summed E-state index contributed by atoms with van der Waals surface area (Å²) in [7, 11) is 0. The number of hydrogen-bond acceptors (Lipinski definition) is 4. The number of aryl methyl sites for hydroxylation is 1. The zero-order valence-electron chi connectivity index (χ0n) is 8.46. The Bertz CT molecular complexity index is 441. The van der Waals surface area contributed by atoms with E-state index in [1.54, 1.807) is 24.8 Å². The molecule has 1 unspecified atom stereocenters. The molecule has 0 radical (unpaired) electrons. The van der Waals surface area contributed by atoms with Crippen molar-refractivity contribution in [2.24, 2.45) is 5.73 Å². The van der Waals surface area contributed by atoms with Crippen LogP contribution in [0.4, 0.5) is 0 Å². The van der Waals surface area contributed by atoms with Crippen LogP contribution in [0.15, 0.2) is 37.2 Å². The second-order valence-corrected chi connectivity index (χ2v) is 3.38. The quantitative estimate of drug-likeness (QED) is 0.791. The molecule has 0 aliphatic carbocycles. The van der Waals surface area contributed by atoms with Crippen LogP contribution >= 0.6 is 0 Å². The Kier molecular flexibility index (Phi) is 2.69. The van der Waals surface area contributed by atoms with Gasteiger partial charge in [0.2, 0.25) is 0 Å². The summed E-state index contributed by atoms with van der Waals surface area (Å²) < 4.78 is 0. The smallest absolute Gasteiger partial charge is 0.115 e.